The third-order valence-electron chi connectivity index (χ3n) is 4.86. The third-order valence-corrected chi connectivity index (χ3v) is 6.25. The molecule has 22 heavy (non-hydrogen) atoms. The monoisotopic (exact) mass is 385 g/mol. The van der Waals surface area contributed by atoms with Crippen molar-refractivity contribution in [3.63, 3.8) is 0 Å². The molecule has 0 spiro atoms. The zero-order valence-corrected chi connectivity index (χ0v) is 15.3. The van der Waals surface area contributed by atoms with E-state index < -0.39 is 0 Å². The molecule has 0 aliphatic heterocycles. The highest BCUT2D eigenvalue weighted by molar-refractivity contribution is 9.11. The van der Waals surface area contributed by atoms with Crippen molar-refractivity contribution in [1.29, 1.82) is 0 Å². The molecule has 2 aliphatic carbocycles. The summed E-state index contributed by atoms with van der Waals surface area (Å²) in [6.45, 7) is 0. The summed E-state index contributed by atoms with van der Waals surface area (Å²) in [7, 11) is 0. The zero-order valence-electron chi connectivity index (χ0n) is 12.9. The molecule has 3 rings (SSSR count). The second kappa shape index (κ2) is 7.77. The van der Waals surface area contributed by atoms with Crippen LogP contribution in [0, 0.1) is 0 Å². The van der Waals surface area contributed by atoms with Gasteiger partial charge in [0.25, 0.3) is 0 Å². The van der Waals surface area contributed by atoms with E-state index in [1.165, 1.54) is 49.9 Å². The van der Waals surface area contributed by atoms with Crippen LogP contribution in [-0.4, -0.2) is 28.0 Å². The molecule has 0 radical (unpaired) electrons. The predicted molar refractivity (Wildman–Crippen MR) is 94.4 cm³/mol. The lowest BCUT2D eigenvalue weighted by Crippen LogP contribution is -2.50. The SMILES string of the molecule is O=C(Nc1ncc(Br)s1)N(C1CCCCC1)C1CCCCC1. The minimum atomic E-state index is 0.0562. The number of nitrogens with one attached hydrogen (secondary N) is 1. The Morgan fingerprint density at radius 1 is 1.09 bits per heavy atom. The lowest BCUT2D eigenvalue weighted by molar-refractivity contribution is 0.114. The first-order valence-corrected chi connectivity index (χ1v) is 10.1. The molecule has 0 unspecified atom stereocenters. The van der Waals surface area contributed by atoms with Gasteiger partial charge in [0.2, 0.25) is 0 Å². The van der Waals surface area contributed by atoms with Crippen molar-refractivity contribution in [3.8, 4) is 0 Å². The van der Waals surface area contributed by atoms with Crippen molar-refractivity contribution >= 4 is 38.4 Å². The highest BCUT2D eigenvalue weighted by atomic mass is 79.9. The van der Waals surface area contributed by atoms with Crippen LogP contribution >= 0.6 is 27.3 Å². The van der Waals surface area contributed by atoms with Crippen LogP contribution < -0.4 is 5.32 Å². The van der Waals surface area contributed by atoms with Gasteiger partial charge >= 0.3 is 6.03 Å². The number of halogens is 1. The first-order chi connectivity index (χ1) is 10.7. The molecule has 2 amide bonds. The Morgan fingerprint density at radius 2 is 1.64 bits per heavy atom. The molecule has 2 aliphatic rings. The van der Waals surface area contributed by atoms with Crippen LogP contribution in [0.4, 0.5) is 9.93 Å². The Kier molecular flexibility index (Phi) is 5.74. The maximum absolute atomic E-state index is 12.9. The minimum Gasteiger partial charge on any atom is -0.319 e. The fourth-order valence-electron chi connectivity index (χ4n) is 3.82. The zero-order chi connectivity index (χ0) is 15.4. The number of nitrogens with zero attached hydrogens (tertiary/aromatic N) is 2. The molecule has 2 saturated carbocycles. The van der Waals surface area contributed by atoms with E-state index in [1.54, 1.807) is 6.20 Å². The number of anilines is 1. The van der Waals surface area contributed by atoms with Crippen LogP contribution in [0.1, 0.15) is 64.2 Å². The average Bonchev–Trinajstić information content (AvgIpc) is 2.95. The summed E-state index contributed by atoms with van der Waals surface area (Å²) < 4.78 is 0.949. The number of carbonyl (C=O) groups is 1. The molecule has 1 aromatic rings. The second-order valence-electron chi connectivity index (χ2n) is 6.39. The molecular formula is C16H24BrN3OS. The van der Waals surface area contributed by atoms with Gasteiger partial charge in [0.15, 0.2) is 5.13 Å². The van der Waals surface area contributed by atoms with Crippen molar-refractivity contribution in [2.75, 3.05) is 5.32 Å². The Hall–Kier alpha value is -0.620. The highest BCUT2D eigenvalue weighted by Gasteiger charge is 2.32. The predicted octanol–water partition coefficient (Wildman–Crippen LogP) is 5.40. The van der Waals surface area contributed by atoms with E-state index in [4.69, 9.17) is 0 Å². The molecule has 0 bridgehead atoms. The number of hydrogen-bond acceptors (Lipinski definition) is 3. The summed E-state index contributed by atoms with van der Waals surface area (Å²) in [6.07, 6.45) is 14.0. The molecule has 1 N–H and O–H groups in total. The van der Waals surface area contributed by atoms with Crippen molar-refractivity contribution in [2.24, 2.45) is 0 Å². The first-order valence-electron chi connectivity index (χ1n) is 8.44. The van der Waals surface area contributed by atoms with E-state index in [2.05, 4.69) is 31.1 Å². The fourth-order valence-corrected chi connectivity index (χ4v) is 4.91. The van der Waals surface area contributed by atoms with Crippen LogP contribution in [0.15, 0.2) is 9.98 Å². The maximum atomic E-state index is 12.9. The number of urea groups is 1. The number of amides is 2. The minimum absolute atomic E-state index is 0.0562. The van der Waals surface area contributed by atoms with Gasteiger partial charge in [-0.3, -0.25) is 5.32 Å². The van der Waals surface area contributed by atoms with Crippen molar-refractivity contribution in [1.82, 2.24) is 9.88 Å². The van der Waals surface area contributed by atoms with Gasteiger partial charge in [0.1, 0.15) is 0 Å². The molecule has 6 heteroatoms. The average molecular weight is 386 g/mol. The van der Waals surface area contributed by atoms with Crippen LogP contribution in [-0.2, 0) is 0 Å². The first kappa shape index (κ1) is 16.2. The lowest BCUT2D eigenvalue weighted by Gasteiger charge is -2.41. The largest absolute Gasteiger partial charge is 0.324 e. The van der Waals surface area contributed by atoms with Crippen LogP contribution in [0.3, 0.4) is 0 Å². The van der Waals surface area contributed by atoms with Gasteiger partial charge < -0.3 is 4.90 Å². The van der Waals surface area contributed by atoms with E-state index in [9.17, 15) is 4.79 Å². The van der Waals surface area contributed by atoms with Gasteiger partial charge in [0.05, 0.1) is 9.98 Å². The van der Waals surface area contributed by atoms with Crippen molar-refractivity contribution < 1.29 is 4.79 Å². The van der Waals surface area contributed by atoms with E-state index in [-0.39, 0.29) is 6.03 Å². The van der Waals surface area contributed by atoms with Crippen molar-refractivity contribution in [2.45, 2.75) is 76.3 Å². The summed E-state index contributed by atoms with van der Waals surface area (Å²) in [5.41, 5.74) is 0. The molecule has 4 nitrogen and oxygen atoms in total. The molecule has 0 atom stereocenters. The van der Waals surface area contributed by atoms with Crippen LogP contribution in [0.25, 0.3) is 0 Å². The van der Waals surface area contributed by atoms with E-state index >= 15 is 0 Å². The lowest BCUT2D eigenvalue weighted by atomic mass is 9.89. The summed E-state index contributed by atoms with van der Waals surface area (Å²) in [4.78, 5) is 19.3. The van der Waals surface area contributed by atoms with Gasteiger partial charge in [-0.2, -0.15) is 0 Å². The summed E-state index contributed by atoms with van der Waals surface area (Å²) >= 11 is 4.88. The summed E-state index contributed by atoms with van der Waals surface area (Å²) in [6, 6.07) is 0.890. The van der Waals surface area contributed by atoms with E-state index in [1.807, 2.05) is 0 Å². The number of carbonyl (C=O) groups excluding carboxylic acids is 1. The van der Waals surface area contributed by atoms with Gasteiger partial charge in [-0.05, 0) is 41.6 Å². The maximum Gasteiger partial charge on any atom is 0.324 e. The fraction of sp³-hybridized carbons (Fsp3) is 0.750. The normalized spacial score (nSPS) is 20.8. The van der Waals surface area contributed by atoms with E-state index in [0.29, 0.717) is 17.2 Å². The van der Waals surface area contributed by atoms with E-state index in [0.717, 1.165) is 29.5 Å². The molecule has 1 heterocycles. The Labute approximate surface area is 144 Å². The van der Waals surface area contributed by atoms with Crippen molar-refractivity contribution in [3.05, 3.63) is 9.98 Å². The molecule has 122 valence electrons. The third kappa shape index (κ3) is 4.02. The Morgan fingerprint density at radius 3 is 2.09 bits per heavy atom. The Bertz CT molecular complexity index is 477. The quantitative estimate of drug-likeness (QED) is 0.756. The van der Waals surface area contributed by atoms with Gasteiger partial charge in [0, 0.05) is 12.1 Å². The summed E-state index contributed by atoms with van der Waals surface area (Å²) in [5.74, 6) is 0. The Balaban J connectivity index is 1.72. The number of aromatic nitrogens is 1. The van der Waals surface area contributed by atoms with Crippen LogP contribution in [0.2, 0.25) is 0 Å². The summed E-state index contributed by atoms with van der Waals surface area (Å²) in [5, 5.41) is 3.71. The number of rotatable bonds is 3. The standard InChI is InChI=1S/C16H24BrN3OS/c17-14-11-18-15(22-14)19-16(21)20(12-7-3-1-4-8-12)13-9-5-2-6-10-13/h11-13H,1-10H2,(H,18,19,21). The van der Waals surface area contributed by atoms with Gasteiger partial charge in [-0.25, -0.2) is 9.78 Å². The van der Waals surface area contributed by atoms with Gasteiger partial charge in [-0.15, -0.1) is 0 Å². The smallest absolute Gasteiger partial charge is 0.319 e. The molecular weight excluding hydrogens is 362 g/mol. The molecule has 2 fully saturated rings. The number of thiazole rings is 1. The highest BCUT2D eigenvalue weighted by Crippen LogP contribution is 2.31. The van der Waals surface area contributed by atoms with Gasteiger partial charge in [-0.1, -0.05) is 49.9 Å². The molecule has 1 aromatic heterocycles. The molecule has 0 aromatic carbocycles. The molecule has 0 saturated heterocycles. The van der Waals surface area contributed by atoms with Crippen LogP contribution in [0.5, 0.6) is 0 Å². The second-order valence-corrected chi connectivity index (χ2v) is 8.80. The topological polar surface area (TPSA) is 45.2 Å². The number of hydrogen-bond donors (Lipinski definition) is 1.